The van der Waals surface area contributed by atoms with Crippen LogP contribution in [0.25, 0.3) is 0 Å². The Labute approximate surface area is 344 Å². The lowest BCUT2D eigenvalue weighted by Crippen LogP contribution is -2.29. The van der Waals surface area contributed by atoms with E-state index in [1.54, 1.807) is 0 Å². The van der Waals surface area contributed by atoms with E-state index in [2.05, 4.69) is 39.8 Å². The molecule has 328 valence electrons. The van der Waals surface area contributed by atoms with Crippen LogP contribution in [0.3, 0.4) is 0 Å². The topological polar surface area (TPSA) is 161 Å². The van der Waals surface area contributed by atoms with E-state index in [4.69, 9.17) is 33.1 Å². The number of carbonyl (C=O) groups excluding carboxylic acids is 2. The van der Waals surface area contributed by atoms with E-state index in [9.17, 15) is 19.0 Å². The largest absolute Gasteiger partial charge is 0.472 e. The van der Waals surface area contributed by atoms with E-state index in [0.29, 0.717) is 12.8 Å². The summed E-state index contributed by atoms with van der Waals surface area (Å²) >= 11 is 0. The van der Waals surface area contributed by atoms with E-state index in [0.717, 1.165) is 107 Å². The molecule has 2 aromatic heterocycles. The first-order chi connectivity index (χ1) is 27.6. The Bertz CT molecular complexity index is 1390. The molecule has 2 rings (SSSR count). The molecule has 3 N–H and O–H groups in total. The highest BCUT2D eigenvalue weighted by molar-refractivity contribution is 7.47. The molecule has 1 unspecified atom stereocenters. The standard InChI is InChI=1S/C45H78NO10P/c1-5-7-19-25-39-33-37(3)42(54-39)27-21-15-11-9-10-12-17-23-29-44(47)51-35-41(36-53-57(49,50)52-32-31-46)56-45(48)30-24-18-14-13-16-22-28-43-38(4)34-40(55-43)26-20-8-6-2/h33-34,41H,5-32,35-36,46H2,1-4H3,(H,49,50)/t41-/m1/s1. The molecule has 2 aromatic rings. The van der Waals surface area contributed by atoms with Gasteiger partial charge in [0, 0.05) is 45.1 Å². The van der Waals surface area contributed by atoms with Gasteiger partial charge in [0.15, 0.2) is 6.10 Å². The maximum Gasteiger partial charge on any atom is 0.472 e. The highest BCUT2D eigenvalue weighted by Gasteiger charge is 2.26. The minimum atomic E-state index is -4.40. The number of carbonyl (C=O) groups is 2. The predicted molar refractivity (Wildman–Crippen MR) is 226 cm³/mol. The van der Waals surface area contributed by atoms with E-state index in [-0.39, 0.29) is 32.6 Å². The second-order valence-electron chi connectivity index (χ2n) is 15.7. The van der Waals surface area contributed by atoms with Crippen molar-refractivity contribution in [3.63, 3.8) is 0 Å². The van der Waals surface area contributed by atoms with Crippen molar-refractivity contribution in [2.75, 3.05) is 26.4 Å². The summed E-state index contributed by atoms with van der Waals surface area (Å²) in [4.78, 5) is 35.1. The average molecular weight is 824 g/mol. The molecule has 0 aliphatic carbocycles. The number of esters is 2. The molecule has 57 heavy (non-hydrogen) atoms. The summed E-state index contributed by atoms with van der Waals surface area (Å²) in [7, 11) is -4.40. The summed E-state index contributed by atoms with van der Waals surface area (Å²) in [6.45, 7) is 7.86. The van der Waals surface area contributed by atoms with Crippen molar-refractivity contribution in [2.45, 2.75) is 201 Å². The van der Waals surface area contributed by atoms with Crippen molar-refractivity contribution < 1.29 is 46.4 Å². The van der Waals surface area contributed by atoms with Gasteiger partial charge in [0.25, 0.3) is 0 Å². The number of aryl methyl sites for hydroxylation is 6. The van der Waals surface area contributed by atoms with Crippen molar-refractivity contribution in [2.24, 2.45) is 5.73 Å². The molecule has 0 radical (unpaired) electrons. The lowest BCUT2D eigenvalue weighted by Gasteiger charge is -2.19. The van der Waals surface area contributed by atoms with Gasteiger partial charge in [-0.05, 0) is 75.6 Å². The molecule has 0 aliphatic heterocycles. The lowest BCUT2D eigenvalue weighted by atomic mass is 10.1. The monoisotopic (exact) mass is 824 g/mol. The molecule has 12 heteroatoms. The van der Waals surface area contributed by atoms with Gasteiger partial charge in [-0.3, -0.25) is 18.6 Å². The van der Waals surface area contributed by atoms with Crippen molar-refractivity contribution in [1.29, 1.82) is 0 Å². The van der Waals surface area contributed by atoms with Crippen LogP contribution < -0.4 is 5.73 Å². The molecule has 0 saturated carbocycles. The summed E-state index contributed by atoms with van der Waals surface area (Å²) < 4.78 is 45.1. The third kappa shape index (κ3) is 24.9. The Kier molecular flexibility index (Phi) is 28.0. The summed E-state index contributed by atoms with van der Waals surface area (Å²) in [6, 6.07) is 4.39. The van der Waals surface area contributed by atoms with Crippen LogP contribution in [0.15, 0.2) is 21.0 Å². The third-order valence-corrected chi connectivity index (χ3v) is 11.3. The van der Waals surface area contributed by atoms with Gasteiger partial charge in [-0.1, -0.05) is 104 Å². The number of phosphoric ester groups is 1. The van der Waals surface area contributed by atoms with Gasteiger partial charge >= 0.3 is 19.8 Å². The molecular weight excluding hydrogens is 745 g/mol. The van der Waals surface area contributed by atoms with Gasteiger partial charge in [-0.25, -0.2) is 4.57 Å². The number of nitrogens with two attached hydrogens (primary N) is 1. The van der Waals surface area contributed by atoms with Crippen LogP contribution in [0.1, 0.15) is 189 Å². The van der Waals surface area contributed by atoms with Gasteiger partial charge in [0.05, 0.1) is 13.2 Å². The number of rotatable bonds is 37. The minimum absolute atomic E-state index is 0.0415. The van der Waals surface area contributed by atoms with E-state index < -0.39 is 32.5 Å². The maximum absolute atomic E-state index is 12.7. The second kappa shape index (κ2) is 31.5. The zero-order chi connectivity index (χ0) is 41.6. The summed E-state index contributed by atoms with van der Waals surface area (Å²) in [5, 5.41) is 0. The highest BCUT2D eigenvalue weighted by Crippen LogP contribution is 2.43. The quantitative estimate of drug-likeness (QED) is 0.0379. The maximum atomic E-state index is 12.7. The van der Waals surface area contributed by atoms with Crippen molar-refractivity contribution in [1.82, 2.24) is 0 Å². The Morgan fingerprint density at radius 1 is 0.632 bits per heavy atom. The molecule has 0 amide bonds. The van der Waals surface area contributed by atoms with Crippen LogP contribution >= 0.6 is 7.82 Å². The molecule has 0 saturated heterocycles. The van der Waals surface area contributed by atoms with Crippen LogP contribution in [0.4, 0.5) is 0 Å². The molecule has 0 aliphatic rings. The summed E-state index contributed by atoms with van der Waals surface area (Å²) in [5.74, 6) is 3.60. The smallest absolute Gasteiger partial charge is 0.466 e. The van der Waals surface area contributed by atoms with Crippen molar-refractivity contribution in [3.05, 3.63) is 46.3 Å². The summed E-state index contributed by atoms with van der Waals surface area (Å²) in [6.07, 6.45) is 25.0. The Balaban J connectivity index is 1.59. The molecular formula is C45H78NO10P. The zero-order valence-electron chi connectivity index (χ0n) is 36.1. The lowest BCUT2D eigenvalue weighted by molar-refractivity contribution is -0.161. The Hall–Kier alpha value is -2.43. The van der Waals surface area contributed by atoms with Crippen LogP contribution in [0, 0.1) is 13.8 Å². The second-order valence-corrected chi connectivity index (χ2v) is 17.1. The van der Waals surface area contributed by atoms with Crippen molar-refractivity contribution in [3.8, 4) is 0 Å². The molecule has 0 aromatic carbocycles. The van der Waals surface area contributed by atoms with Crippen LogP contribution in [-0.2, 0) is 58.4 Å². The molecule has 0 spiro atoms. The summed E-state index contributed by atoms with van der Waals surface area (Å²) in [5.41, 5.74) is 7.88. The number of furan rings is 2. The van der Waals surface area contributed by atoms with Crippen LogP contribution in [-0.4, -0.2) is 49.3 Å². The van der Waals surface area contributed by atoms with Crippen LogP contribution in [0.5, 0.6) is 0 Å². The van der Waals surface area contributed by atoms with Gasteiger partial charge in [0.2, 0.25) is 0 Å². The fourth-order valence-electron chi connectivity index (χ4n) is 6.90. The number of hydrogen-bond acceptors (Lipinski definition) is 10. The molecule has 0 bridgehead atoms. The highest BCUT2D eigenvalue weighted by atomic mass is 31.2. The minimum Gasteiger partial charge on any atom is -0.466 e. The predicted octanol–water partition coefficient (Wildman–Crippen LogP) is 11.5. The number of phosphoric acid groups is 1. The van der Waals surface area contributed by atoms with Crippen LogP contribution in [0.2, 0.25) is 0 Å². The molecule has 11 nitrogen and oxygen atoms in total. The van der Waals surface area contributed by atoms with E-state index in [1.165, 1.54) is 68.9 Å². The Morgan fingerprint density at radius 2 is 1.07 bits per heavy atom. The average Bonchev–Trinajstić information content (AvgIpc) is 3.73. The van der Waals surface area contributed by atoms with Gasteiger partial charge in [-0.15, -0.1) is 0 Å². The molecule has 0 fully saturated rings. The first kappa shape index (κ1) is 50.7. The first-order valence-corrected chi connectivity index (χ1v) is 23.9. The normalized spacial score (nSPS) is 13.2. The number of unbranched alkanes of at least 4 members (excludes halogenated alkanes) is 16. The fourth-order valence-corrected chi connectivity index (χ4v) is 7.67. The molecule has 2 heterocycles. The zero-order valence-corrected chi connectivity index (χ0v) is 37.0. The number of hydrogen-bond donors (Lipinski definition) is 2. The van der Waals surface area contributed by atoms with E-state index in [1.807, 2.05) is 0 Å². The third-order valence-electron chi connectivity index (χ3n) is 10.3. The van der Waals surface area contributed by atoms with Crippen molar-refractivity contribution >= 4 is 19.8 Å². The first-order valence-electron chi connectivity index (χ1n) is 22.4. The fraction of sp³-hybridized carbons (Fsp3) is 0.778. The number of ether oxygens (including phenoxy) is 2. The van der Waals surface area contributed by atoms with Gasteiger partial charge < -0.3 is 28.9 Å². The molecule has 2 atom stereocenters. The Morgan fingerprint density at radius 3 is 1.54 bits per heavy atom. The van der Waals surface area contributed by atoms with Gasteiger partial charge in [-0.2, -0.15) is 0 Å². The van der Waals surface area contributed by atoms with Gasteiger partial charge in [0.1, 0.15) is 29.6 Å². The SMILES string of the molecule is CCCCCc1cc(C)c(CCCCCCCCCCC(=O)OC[C@H](COP(=O)(O)OCCN)OC(=O)CCCCCCCCc2oc(CCCCC)cc2C)o1. The van der Waals surface area contributed by atoms with E-state index >= 15 is 0 Å².